The van der Waals surface area contributed by atoms with E-state index in [0.29, 0.717) is 18.2 Å². The molecule has 1 amide bonds. The van der Waals surface area contributed by atoms with Crippen molar-refractivity contribution in [2.24, 2.45) is 5.92 Å². The van der Waals surface area contributed by atoms with Crippen molar-refractivity contribution in [2.45, 2.75) is 45.6 Å². The fourth-order valence-corrected chi connectivity index (χ4v) is 3.22. The van der Waals surface area contributed by atoms with Gasteiger partial charge in [-0.3, -0.25) is 4.79 Å². The third-order valence-electron chi connectivity index (χ3n) is 4.82. The number of amides is 1. The molecular formula is C18H28N2O. The third-order valence-corrected chi connectivity index (χ3v) is 4.82. The molecule has 0 radical (unpaired) electrons. The third kappa shape index (κ3) is 4.07. The Bertz CT molecular complexity index is 444. The minimum atomic E-state index is 0.204. The van der Waals surface area contributed by atoms with Crippen LogP contribution in [0.4, 0.5) is 0 Å². The monoisotopic (exact) mass is 288 g/mol. The molecule has 2 saturated heterocycles. The van der Waals surface area contributed by atoms with Gasteiger partial charge in [0.05, 0.1) is 6.04 Å². The van der Waals surface area contributed by atoms with Crippen LogP contribution in [0.3, 0.4) is 0 Å². The maximum atomic E-state index is 11.8. The van der Waals surface area contributed by atoms with Crippen molar-refractivity contribution >= 4 is 5.91 Å². The summed E-state index contributed by atoms with van der Waals surface area (Å²) in [6.45, 7) is 11.3. The summed E-state index contributed by atoms with van der Waals surface area (Å²) in [5.74, 6) is 0.915. The van der Waals surface area contributed by atoms with E-state index < -0.39 is 0 Å². The number of piperidine rings is 1. The lowest BCUT2D eigenvalue weighted by molar-refractivity contribution is -0.128. The number of nitrogens with one attached hydrogen (secondary N) is 1. The van der Waals surface area contributed by atoms with E-state index in [1.807, 2.05) is 11.0 Å². The summed E-state index contributed by atoms with van der Waals surface area (Å²) in [6, 6.07) is 0.204. The molecule has 2 aliphatic rings. The summed E-state index contributed by atoms with van der Waals surface area (Å²) in [7, 11) is 0. The molecule has 2 rings (SSSR count). The van der Waals surface area contributed by atoms with Crippen molar-refractivity contribution in [1.29, 1.82) is 0 Å². The molecule has 0 bridgehead atoms. The van der Waals surface area contributed by atoms with Gasteiger partial charge in [-0.05, 0) is 57.7 Å². The van der Waals surface area contributed by atoms with Crippen molar-refractivity contribution in [3.8, 4) is 0 Å². The van der Waals surface area contributed by atoms with E-state index in [2.05, 4.69) is 37.9 Å². The Morgan fingerprint density at radius 1 is 1.38 bits per heavy atom. The van der Waals surface area contributed by atoms with Crippen LogP contribution in [0.2, 0.25) is 0 Å². The van der Waals surface area contributed by atoms with Crippen LogP contribution in [0.5, 0.6) is 0 Å². The summed E-state index contributed by atoms with van der Waals surface area (Å²) < 4.78 is 0. The van der Waals surface area contributed by atoms with E-state index >= 15 is 0 Å². The van der Waals surface area contributed by atoms with Crippen LogP contribution in [0.1, 0.15) is 39.5 Å². The maximum absolute atomic E-state index is 11.8. The minimum Gasteiger partial charge on any atom is -0.336 e. The summed E-state index contributed by atoms with van der Waals surface area (Å²) in [5.41, 5.74) is 2.58. The van der Waals surface area contributed by atoms with Gasteiger partial charge in [0.15, 0.2) is 0 Å². The second-order valence-electron chi connectivity index (χ2n) is 6.17. The van der Waals surface area contributed by atoms with Crippen molar-refractivity contribution in [2.75, 3.05) is 19.6 Å². The van der Waals surface area contributed by atoms with Crippen LogP contribution < -0.4 is 5.32 Å². The second kappa shape index (κ2) is 7.60. The van der Waals surface area contributed by atoms with Gasteiger partial charge in [-0.15, -0.1) is 0 Å². The van der Waals surface area contributed by atoms with E-state index in [9.17, 15) is 4.79 Å². The molecule has 0 spiro atoms. The average molecular weight is 288 g/mol. The zero-order chi connectivity index (χ0) is 15.2. The molecule has 3 nitrogen and oxygen atoms in total. The average Bonchev–Trinajstić information content (AvgIpc) is 2.94. The lowest BCUT2D eigenvalue weighted by Crippen LogP contribution is -2.34. The molecule has 1 N–H and O–H groups in total. The van der Waals surface area contributed by atoms with Crippen LogP contribution in [-0.2, 0) is 4.79 Å². The zero-order valence-corrected chi connectivity index (χ0v) is 13.4. The van der Waals surface area contributed by atoms with Gasteiger partial charge in [0.2, 0.25) is 5.91 Å². The number of allylic oxidation sites excluding steroid dienone is 4. The smallest absolute Gasteiger partial charge is 0.223 e. The largest absolute Gasteiger partial charge is 0.336 e. The topological polar surface area (TPSA) is 32.3 Å². The number of likely N-dealkylation sites (tertiary alicyclic amines) is 1. The minimum absolute atomic E-state index is 0.204. The van der Waals surface area contributed by atoms with Gasteiger partial charge < -0.3 is 10.2 Å². The molecular weight excluding hydrogens is 260 g/mol. The Hall–Kier alpha value is -1.35. The SMILES string of the molecule is C=C/C(=C\C=C(/C)C(C)N1CCCC1=O)C1CCNCC1. The predicted octanol–water partition coefficient (Wildman–Crippen LogP) is 3.06. The molecule has 116 valence electrons. The molecule has 3 heteroatoms. The Kier molecular flexibility index (Phi) is 5.80. The molecule has 21 heavy (non-hydrogen) atoms. The Morgan fingerprint density at radius 2 is 2.10 bits per heavy atom. The highest BCUT2D eigenvalue weighted by Gasteiger charge is 2.25. The molecule has 1 atom stereocenters. The Morgan fingerprint density at radius 3 is 2.67 bits per heavy atom. The van der Waals surface area contributed by atoms with Crippen LogP contribution in [0, 0.1) is 5.92 Å². The first kappa shape index (κ1) is 16.0. The van der Waals surface area contributed by atoms with E-state index in [0.717, 1.165) is 26.1 Å². The number of carbonyl (C=O) groups is 1. The van der Waals surface area contributed by atoms with Gasteiger partial charge in [-0.1, -0.05) is 30.4 Å². The van der Waals surface area contributed by atoms with Crippen molar-refractivity contribution in [3.63, 3.8) is 0 Å². The highest BCUT2D eigenvalue weighted by Crippen LogP contribution is 2.23. The number of nitrogens with zero attached hydrogens (tertiary/aromatic N) is 1. The first-order chi connectivity index (χ1) is 10.1. The van der Waals surface area contributed by atoms with E-state index in [4.69, 9.17) is 0 Å². The van der Waals surface area contributed by atoms with E-state index in [1.54, 1.807) is 0 Å². The maximum Gasteiger partial charge on any atom is 0.223 e. The normalized spacial score (nSPS) is 23.5. The number of hydrogen-bond donors (Lipinski definition) is 1. The fourth-order valence-electron chi connectivity index (χ4n) is 3.22. The molecule has 2 fully saturated rings. The first-order valence-corrected chi connectivity index (χ1v) is 8.14. The standard InChI is InChI=1S/C18H28N2O/c1-4-16(17-9-11-19-12-10-17)8-7-14(2)15(3)20-13-5-6-18(20)21/h4,7-8,15,17,19H,1,5-6,9-13H2,2-3H3/b14-7+,16-8+. The number of carbonyl (C=O) groups excluding carboxylic acids is 1. The second-order valence-corrected chi connectivity index (χ2v) is 6.17. The van der Waals surface area contributed by atoms with Gasteiger partial charge in [0.25, 0.3) is 0 Å². The molecule has 0 aromatic carbocycles. The van der Waals surface area contributed by atoms with Gasteiger partial charge in [0, 0.05) is 13.0 Å². The van der Waals surface area contributed by atoms with Crippen molar-refractivity contribution < 1.29 is 4.79 Å². The quantitative estimate of drug-likeness (QED) is 0.789. The van der Waals surface area contributed by atoms with E-state index in [1.165, 1.54) is 24.0 Å². The molecule has 0 aliphatic carbocycles. The predicted molar refractivity (Wildman–Crippen MR) is 88.0 cm³/mol. The first-order valence-electron chi connectivity index (χ1n) is 8.14. The zero-order valence-electron chi connectivity index (χ0n) is 13.4. The molecule has 0 aromatic heterocycles. The van der Waals surface area contributed by atoms with Crippen molar-refractivity contribution in [1.82, 2.24) is 10.2 Å². The van der Waals surface area contributed by atoms with Gasteiger partial charge in [-0.25, -0.2) is 0 Å². The molecule has 1 unspecified atom stereocenters. The van der Waals surface area contributed by atoms with Gasteiger partial charge in [-0.2, -0.15) is 0 Å². The lowest BCUT2D eigenvalue weighted by Gasteiger charge is -2.25. The van der Waals surface area contributed by atoms with Gasteiger partial charge >= 0.3 is 0 Å². The molecule has 0 aromatic rings. The van der Waals surface area contributed by atoms with E-state index in [-0.39, 0.29) is 6.04 Å². The lowest BCUT2D eigenvalue weighted by atomic mass is 9.89. The van der Waals surface area contributed by atoms with Crippen LogP contribution in [0.25, 0.3) is 0 Å². The van der Waals surface area contributed by atoms with Crippen LogP contribution in [0.15, 0.2) is 36.0 Å². The summed E-state index contributed by atoms with van der Waals surface area (Å²) >= 11 is 0. The fraction of sp³-hybridized carbons (Fsp3) is 0.611. The van der Waals surface area contributed by atoms with Gasteiger partial charge in [0.1, 0.15) is 0 Å². The summed E-state index contributed by atoms with van der Waals surface area (Å²) in [6.07, 6.45) is 10.5. The molecule has 2 heterocycles. The summed E-state index contributed by atoms with van der Waals surface area (Å²) in [5, 5.41) is 3.40. The van der Waals surface area contributed by atoms with Crippen LogP contribution >= 0.6 is 0 Å². The highest BCUT2D eigenvalue weighted by molar-refractivity contribution is 5.78. The highest BCUT2D eigenvalue weighted by atomic mass is 16.2. The molecule has 2 aliphatic heterocycles. The summed E-state index contributed by atoms with van der Waals surface area (Å²) in [4.78, 5) is 13.8. The Balaban J connectivity index is 2.03. The number of hydrogen-bond acceptors (Lipinski definition) is 2. The van der Waals surface area contributed by atoms with Crippen LogP contribution in [-0.4, -0.2) is 36.5 Å². The van der Waals surface area contributed by atoms with Crippen molar-refractivity contribution in [3.05, 3.63) is 36.0 Å². The molecule has 0 saturated carbocycles. The number of rotatable bonds is 5. The Labute approximate surface area is 128 Å².